The fourth-order valence-corrected chi connectivity index (χ4v) is 2.44. The number of hydrogen-bond donors (Lipinski definition) is 3. The van der Waals surface area contributed by atoms with Crippen molar-refractivity contribution in [3.05, 3.63) is 28.8 Å². The van der Waals surface area contributed by atoms with Crippen LogP contribution in [0.15, 0.2) is 18.2 Å². The zero-order chi connectivity index (χ0) is 14.8. The molecule has 1 aromatic rings. The quantitative estimate of drug-likeness (QED) is 0.800. The molecule has 1 unspecified atom stereocenters. The minimum Gasteiger partial charge on any atom is -0.478 e. The Morgan fingerprint density at radius 2 is 2.20 bits per heavy atom. The largest absolute Gasteiger partial charge is 0.478 e. The molecule has 108 valence electrons. The van der Waals surface area contributed by atoms with Crippen LogP contribution in [0.3, 0.4) is 0 Å². The molecule has 20 heavy (non-hydrogen) atoms. The maximum absolute atomic E-state index is 12.4. The van der Waals surface area contributed by atoms with Crippen molar-refractivity contribution in [2.24, 2.45) is 5.41 Å². The molecule has 0 aliphatic carbocycles. The third-order valence-electron chi connectivity index (χ3n) is 3.61. The van der Waals surface area contributed by atoms with Crippen LogP contribution < -0.4 is 10.6 Å². The fourth-order valence-electron chi connectivity index (χ4n) is 2.28. The number of amides is 1. The summed E-state index contributed by atoms with van der Waals surface area (Å²) in [6, 6.07) is 4.26. The van der Waals surface area contributed by atoms with Gasteiger partial charge in [0.05, 0.1) is 21.7 Å². The van der Waals surface area contributed by atoms with Crippen molar-refractivity contribution in [1.82, 2.24) is 5.32 Å². The number of halogens is 1. The Balaban J connectivity index is 2.18. The smallest absolute Gasteiger partial charge is 0.335 e. The Kier molecular flexibility index (Phi) is 4.30. The third-order valence-corrected chi connectivity index (χ3v) is 3.94. The average Bonchev–Trinajstić information content (AvgIpc) is 2.41. The summed E-state index contributed by atoms with van der Waals surface area (Å²) in [5, 5.41) is 15.2. The third kappa shape index (κ3) is 3.11. The van der Waals surface area contributed by atoms with E-state index in [1.807, 2.05) is 6.92 Å². The second kappa shape index (κ2) is 5.81. The van der Waals surface area contributed by atoms with Gasteiger partial charge in [-0.05, 0) is 44.5 Å². The van der Waals surface area contributed by atoms with Gasteiger partial charge in [0.15, 0.2) is 0 Å². The van der Waals surface area contributed by atoms with Gasteiger partial charge in [0.25, 0.3) is 0 Å². The van der Waals surface area contributed by atoms with E-state index >= 15 is 0 Å². The Hall–Kier alpha value is -1.59. The summed E-state index contributed by atoms with van der Waals surface area (Å²) in [6.07, 6.45) is 1.73. The topological polar surface area (TPSA) is 78.4 Å². The van der Waals surface area contributed by atoms with Crippen molar-refractivity contribution in [3.8, 4) is 0 Å². The lowest BCUT2D eigenvalue weighted by Gasteiger charge is -2.32. The van der Waals surface area contributed by atoms with Gasteiger partial charge in [0.1, 0.15) is 0 Å². The number of benzene rings is 1. The summed E-state index contributed by atoms with van der Waals surface area (Å²) in [5.41, 5.74) is -0.0687. The number of hydrogen-bond acceptors (Lipinski definition) is 3. The molecule has 1 amide bonds. The fraction of sp³-hybridized carbons (Fsp3) is 0.429. The first-order valence-electron chi connectivity index (χ1n) is 6.47. The second-order valence-electron chi connectivity index (χ2n) is 5.29. The molecule has 1 aromatic carbocycles. The zero-order valence-electron chi connectivity index (χ0n) is 11.2. The normalized spacial score (nSPS) is 22.3. The number of carboxylic acid groups (broad SMARTS) is 1. The van der Waals surface area contributed by atoms with Crippen molar-refractivity contribution >= 4 is 29.2 Å². The van der Waals surface area contributed by atoms with Crippen molar-refractivity contribution in [1.29, 1.82) is 0 Å². The SMILES string of the molecule is CC1(C(=O)Nc2cc(C(=O)O)ccc2Cl)CCCNC1. The number of carbonyl (C=O) groups excluding carboxylic acids is 1. The number of anilines is 1. The van der Waals surface area contributed by atoms with Crippen molar-refractivity contribution < 1.29 is 14.7 Å². The summed E-state index contributed by atoms with van der Waals surface area (Å²) in [5.74, 6) is -1.20. The van der Waals surface area contributed by atoms with Crippen LogP contribution in [0.5, 0.6) is 0 Å². The molecule has 2 rings (SSSR count). The molecular formula is C14H17ClN2O3. The van der Waals surface area contributed by atoms with Gasteiger partial charge in [-0.15, -0.1) is 0 Å². The number of rotatable bonds is 3. The Labute approximate surface area is 122 Å². The highest BCUT2D eigenvalue weighted by atomic mass is 35.5. The maximum Gasteiger partial charge on any atom is 0.335 e. The molecule has 1 aliphatic rings. The lowest BCUT2D eigenvalue weighted by atomic mass is 9.82. The van der Waals surface area contributed by atoms with Gasteiger partial charge in [0.2, 0.25) is 5.91 Å². The van der Waals surface area contributed by atoms with Gasteiger partial charge >= 0.3 is 5.97 Å². The molecule has 0 spiro atoms. The molecule has 1 fully saturated rings. The van der Waals surface area contributed by atoms with Gasteiger partial charge in [-0.2, -0.15) is 0 Å². The van der Waals surface area contributed by atoms with Gasteiger partial charge in [-0.3, -0.25) is 4.79 Å². The van der Waals surface area contributed by atoms with Crippen LogP contribution in [0.25, 0.3) is 0 Å². The van der Waals surface area contributed by atoms with Crippen LogP contribution in [0.2, 0.25) is 5.02 Å². The molecule has 1 saturated heterocycles. The number of carbonyl (C=O) groups is 2. The molecule has 0 aromatic heterocycles. The summed E-state index contributed by atoms with van der Waals surface area (Å²) in [6.45, 7) is 3.41. The van der Waals surface area contributed by atoms with Gasteiger partial charge < -0.3 is 15.7 Å². The number of nitrogens with one attached hydrogen (secondary N) is 2. The first-order valence-corrected chi connectivity index (χ1v) is 6.85. The average molecular weight is 297 g/mol. The molecule has 0 bridgehead atoms. The number of aromatic carboxylic acids is 1. The predicted octanol–water partition coefficient (Wildman–Crippen LogP) is 2.37. The summed E-state index contributed by atoms with van der Waals surface area (Å²) in [4.78, 5) is 23.3. The van der Waals surface area contributed by atoms with E-state index in [4.69, 9.17) is 16.7 Å². The Morgan fingerprint density at radius 3 is 2.80 bits per heavy atom. The number of piperidine rings is 1. The molecule has 1 heterocycles. The van der Waals surface area contributed by atoms with E-state index in [0.29, 0.717) is 17.3 Å². The van der Waals surface area contributed by atoms with Crippen molar-refractivity contribution in [2.75, 3.05) is 18.4 Å². The van der Waals surface area contributed by atoms with E-state index in [-0.39, 0.29) is 11.5 Å². The van der Waals surface area contributed by atoms with Gasteiger partial charge in [0, 0.05) is 6.54 Å². The minimum atomic E-state index is -1.05. The molecule has 6 heteroatoms. The molecule has 3 N–H and O–H groups in total. The Bertz CT molecular complexity index is 539. The second-order valence-corrected chi connectivity index (χ2v) is 5.70. The first kappa shape index (κ1) is 14.8. The van der Waals surface area contributed by atoms with Gasteiger partial charge in [-0.1, -0.05) is 11.6 Å². The molecule has 0 saturated carbocycles. The predicted molar refractivity (Wildman–Crippen MR) is 77.3 cm³/mol. The van der Waals surface area contributed by atoms with Crippen molar-refractivity contribution in [2.45, 2.75) is 19.8 Å². The Morgan fingerprint density at radius 1 is 1.45 bits per heavy atom. The molecule has 5 nitrogen and oxygen atoms in total. The van der Waals surface area contributed by atoms with Crippen LogP contribution in [-0.2, 0) is 4.79 Å². The van der Waals surface area contributed by atoms with Crippen LogP contribution in [0.1, 0.15) is 30.1 Å². The highest BCUT2D eigenvalue weighted by Gasteiger charge is 2.34. The lowest BCUT2D eigenvalue weighted by Crippen LogP contribution is -2.46. The zero-order valence-corrected chi connectivity index (χ0v) is 12.0. The minimum absolute atomic E-state index is 0.0941. The highest BCUT2D eigenvalue weighted by molar-refractivity contribution is 6.33. The van der Waals surface area contributed by atoms with E-state index in [9.17, 15) is 9.59 Å². The van der Waals surface area contributed by atoms with Crippen LogP contribution in [-0.4, -0.2) is 30.1 Å². The summed E-state index contributed by atoms with van der Waals surface area (Å²) >= 11 is 6.01. The highest BCUT2D eigenvalue weighted by Crippen LogP contribution is 2.29. The van der Waals surface area contributed by atoms with E-state index in [1.54, 1.807) is 0 Å². The lowest BCUT2D eigenvalue weighted by molar-refractivity contribution is -0.125. The first-order chi connectivity index (χ1) is 9.42. The summed E-state index contributed by atoms with van der Waals surface area (Å²) in [7, 11) is 0. The van der Waals surface area contributed by atoms with E-state index < -0.39 is 11.4 Å². The van der Waals surface area contributed by atoms with Crippen LogP contribution in [0, 0.1) is 5.41 Å². The van der Waals surface area contributed by atoms with Crippen LogP contribution in [0.4, 0.5) is 5.69 Å². The maximum atomic E-state index is 12.4. The standard InChI is InChI=1S/C14H17ClN2O3/c1-14(5-2-6-16-8-14)13(20)17-11-7-9(12(18)19)3-4-10(11)15/h3-4,7,16H,2,5-6,8H2,1H3,(H,17,20)(H,18,19). The van der Waals surface area contributed by atoms with Crippen LogP contribution >= 0.6 is 11.6 Å². The van der Waals surface area contributed by atoms with E-state index in [0.717, 1.165) is 19.4 Å². The molecule has 0 radical (unpaired) electrons. The summed E-state index contributed by atoms with van der Waals surface area (Å²) < 4.78 is 0. The van der Waals surface area contributed by atoms with E-state index in [2.05, 4.69) is 10.6 Å². The van der Waals surface area contributed by atoms with Gasteiger partial charge in [-0.25, -0.2) is 4.79 Å². The molecule has 1 aliphatic heterocycles. The number of carboxylic acids is 1. The van der Waals surface area contributed by atoms with Crippen molar-refractivity contribution in [3.63, 3.8) is 0 Å². The monoisotopic (exact) mass is 296 g/mol. The van der Waals surface area contributed by atoms with E-state index in [1.165, 1.54) is 18.2 Å². The molecule has 1 atom stereocenters. The molecular weight excluding hydrogens is 280 g/mol.